The first-order chi connectivity index (χ1) is 18.8. The van der Waals surface area contributed by atoms with E-state index in [0.29, 0.717) is 0 Å². The van der Waals surface area contributed by atoms with Crippen LogP contribution in [0.5, 0.6) is 0 Å². The first-order valence-corrected chi connectivity index (χ1v) is 14.1. The van der Waals surface area contributed by atoms with Gasteiger partial charge < -0.3 is 0 Å². The van der Waals surface area contributed by atoms with Crippen molar-refractivity contribution in [2.75, 3.05) is 0 Å². The van der Waals surface area contributed by atoms with Crippen molar-refractivity contribution in [3.63, 3.8) is 0 Å². The third-order valence-corrected chi connectivity index (χ3v) is 7.63. The van der Waals surface area contributed by atoms with Crippen LogP contribution in [0.2, 0.25) is 0 Å². The molecule has 0 aromatic heterocycles. The summed E-state index contributed by atoms with van der Waals surface area (Å²) in [4.78, 5) is 0. The molecule has 0 aliphatic heterocycles. The molecule has 0 N–H and O–H groups in total. The number of hydrogen-bond donors (Lipinski definition) is 0. The minimum Gasteiger partial charge on any atom is -0.0622 e. The van der Waals surface area contributed by atoms with E-state index >= 15 is 0 Å². The molecule has 0 aliphatic carbocycles. The largest absolute Gasteiger partial charge is 0.0622 e. The topological polar surface area (TPSA) is 0 Å². The van der Waals surface area contributed by atoms with E-state index in [1.165, 1.54) is 44.5 Å². The molecule has 0 aliphatic rings. The number of aryl methyl sites for hydroxylation is 8. The molecule has 0 heteroatoms. The number of hydrogen-bond acceptors (Lipinski definition) is 0. The van der Waals surface area contributed by atoms with E-state index in [1.807, 2.05) is 0 Å². The number of benzene rings is 5. The van der Waals surface area contributed by atoms with Crippen molar-refractivity contribution in [1.82, 2.24) is 0 Å². The van der Waals surface area contributed by atoms with Crippen LogP contribution in [0.4, 0.5) is 0 Å². The van der Waals surface area contributed by atoms with E-state index in [0.717, 1.165) is 51.4 Å². The molecule has 0 saturated carbocycles. The smallest absolute Gasteiger partial charge is 0.0235 e. The second-order valence-electron chi connectivity index (χ2n) is 10.3. The summed E-state index contributed by atoms with van der Waals surface area (Å²) in [6, 6.07) is 48.9. The maximum absolute atomic E-state index is 2.56. The minimum atomic E-state index is 1.08. The lowest BCUT2D eigenvalue weighted by Crippen LogP contribution is -2.07. The van der Waals surface area contributed by atoms with Crippen LogP contribution < -0.4 is 0 Å². The molecule has 5 rings (SSSR count). The van der Waals surface area contributed by atoms with E-state index in [2.05, 4.69) is 133 Å². The van der Waals surface area contributed by atoms with Gasteiger partial charge in [-0.25, -0.2) is 0 Å². The van der Waals surface area contributed by atoms with Crippen LogP contribution in [-0.2, 0) is 51.4 Å². The van der Waals surface area contributed by atoms with Crippen LogP contribution in [0.3, 0.4) is 0 Å². The van der Waals surface area contributed by atoms with Gasteiger partial charge in [-0.1, -0.05) is 133 Å². The standard InChI is InChI=1S/C38H38/c1-5-13-31(14-6-1)21-25-35-29-37(27-23-33-17-9-3-10-18-33)38(28-24-34-19-11-4-12-20-34)30-36(35)26-22-32-15-7-2-8-16-32/h1-20,29-30H,21-28H2. The summed E-state index contributed by atoms with van der Waals surface area (Å²) in [6.07, 6.45) is 8.69. The third-order valence-electron chi connectivity index (χ3n) is 7.63. The van der Waals surface area contributed by atoms with Crippen molar-refractivity contribution >= 4 is 0 Å². The van der Waals surface area contributed by atoms with Gasteiger partial charge in [-0.05, 0) is 95.9 Å². The maximum atomic E-state index is 2.56. The van der Waals surface area contributed by atoms with Crippen molar-refractivity contribution < 1.29 is 0 Å². The molecule has 0 fully saturated rings. The van der Waals surface area contributed by atoms with E-state index in [1.54, 1.807) is 0 Å². The summed E-state index contributed by atoms with van der Waals surface area (Å²) in [5, 5.41) is 0. The molecule has 0 atom stereocenters. The van der Waals surface area contributed by atoms with Gasteiger partial charge in [0.15, 0.2) is 0 Å². The van der Waals surface area contributed by atoms with Gasteiger partial charge >= 0.3 is 0 Å². The fourth-order valence-corrected chi connectivity index (χ4v) is 5.42. The molecule has 0 heterocycles. The Morgan fingerprint density at radius 3 is 0.658 bits per heavy atom. The van der Waals surface area contributed by atoms with Gasteiger partial charge in [0.2, 0.25) is 0 Å². The lowest BCUT2D eigenvalue weighted by atomic mass is 9.87. The van der Waals surface area contributed by atoms with Crippen molar-refractivity contribution in [1.29, 1.82) is 0 Å². The zero-order chi connectivity index (χ0) is 25.8. The maximum Gasteiger partial charge on any atom is -0.0235 e. The fraction of sp³-hybridized carbons (Fsp3) is 0.211. The average molecular weight is 495 g/mol. The first kappa shape index (κ1) is 25.7. The Balaban J connectivity index is 1.44. The SMILES string of the molecule is c1ccc(CCc2cc(CCc3ccccc3)c(CCc3ccccc3)cc2CCc2ccccc2)cc1. The monoisotopic (exact) mass is 494 g/mol. The van der Waals surface area contributed by atoms with Gasteiger partial charge in [0.05, 0.1) is 0 Å². The van der Waals surface area contributed by atoms with Crippen LogP contribution in [-0.4, -0.2) is 0 Å². The van der Waals surface area contributed by atoms with Crippen molar-refractivity contribution in [2.45, 2.75) is 51.4 Å². The molecule has 38 heavy (non-hydrogen) atoms. The fourth-order valence-electron chi connectivity index (χ4n) is 5.42. The number of rotatable bonds is 12. The summed E-state index contributed by atoms with van der Waals surface area (Å²) >= 11 is 0. The molecule has 0 bridgehead atoms. The van der Waals surface area contributed by atoms with Gasteiger partial charge in [-0.3, -0.25) is 0 Å². The van der Waals surface area contributed by atoms with Crippen LogP contribution >= 0.6 is 0 Å². The van der Waals surface area contributed by atoms with Gasteiger partial charge in [0, 0.05) is 0 Å². The molecule has 0 amide bonds. The van der Waals surface area contributed by atoms with Crippen molar-refractivity contribution in [3.8, 4) is 0 Å². The Labute approximate surface area is 229 Å². The highest BCUT2D eigenvalue weighted by Gasteiger charge is 2.12. The normalized spacial score (nSPS) is 10.9. The molecular formula is C38H38. The Kier molecular flexibility index (Phi) is 9.20. The summed E-state index contributed by atoms with van der Waals surface area (Å²) in [5.74, 6) is 0. The molecule has 190 valence electrons. The van der Waals surface area contributed by atoms with Gasteiger partial charge in [0.1, 0.15) is 0 Å². The quantitative estimate of drug-likeness (QED) is 0.162. The Morgan fingerprint density at radius 2 is 0.447 bits per heavy atom. The van der Waals surface area contributed by atoms with Gasteiger partial charge in [-0.2, -0.15) is 0 Å². The zero-order valence-electron chi connectivity index (χ0n) is 22.4. The van der Waals surface area contributed by atoms with Gasteiger partial charge in [-0.15, -0.1) is 0 Å². The molecule has 0 radical (unpaired) electrons. The van der Waals surface area contributed by atoms with Crippen LogP contribution in [0, 0.1) is 0 Å². The van der Waals surface area contributed by atoms with E-state index in [4.69, 9.17) is 0 Å². The van der Waals surface area contributed by atoms with Crippen molar-refractivity contribution in [3.05, 3.63) is 178 Å². The molecule has 0 unspecified atom stereocenters. The van der Waals surface area contributed by atoms with Crippen LogP contribution in [0.15, 0.2) is 133 Å². The summed E-state index contributed by atoms with van der Waals surface area (Å²) in [6.45, 7) is 0. The predicted molar refractivity (Wildman–Crippen MR) is 162 cm³/mol. The molecule has 0 nitrogen and oxygen atoms in total. The zero-order valence-corrected chi connectivity index (χ0v) is 22.4. The van der Waals surface area contributed by atoms with E-state index in [9.17, 15) is 0 Å². The lowest BCUT2D eigenvalue weighted by molar-refractivity contribution is 0.852. The second kappa shape index (κ2) is 13.6. The average Bonchev–Trinajstić information content (AvgIpc) is 2.99. The molecule has 5 aromatic carbocycles. The van der Waals surface area contributed by atoms with Crippen LogP contribution in [0.25, 0.3) is 0 Å². The Bertz CT molecular complexity index is 1150. The summed E-state index contributed by atoms with van der Waals surface area (Å²) in [5.41, 5.74) is 11.8. The van der Waals surface area contributed by atoms with E-state index < -0.39 is 0 Å². The predicted octanol–water partition coefficient (Wildman–Crippen LogP) is 8.83. The third kappa shape index (κ3) is 7.56. The molecule has 5 aromatic rings. The van der Waals surface area contributed by atoms with Crippen molar-refractivity contribution in [2.24, 2.45) is 0 Å². The highest BCUT2D eigenvalue weighted by molar-refractivity contribution is 5.41. The van der Waals surface area contributed by atoms with Crippen LogP contribution in [0.1, 0.15) is 44.5 Å². The molecule has 0 saturated heterocycles. The highest BCUT2D eigenvalue weighted by atomic mass is 14.2. The summed E-state index contributed by atoms with van der Waals surface area (Å²) < 4.78 is 0. The second-order valence-corrected chi connectivity index (χ2v) is 10.3. The molecule has 0 spiro atoms. The minimum absolute atomic E-state index is 1.08. The van der Waals surface area contributed by atoms with Gasteiger partial charge in [0.25, 0.3) is 0 Å². The Morgan fingerprint density at radius 1 is 0.237 bits per heavy atom. The Hall–Kier alpha value is -3.90. The summed E-state index contributed by atoms with van der Waals surface area (Å²) in [7, 11) is 0. The molecular weight excluding hydrogens is 456 g/mol. The van der Waals surface area contributed by atoms with E-state index in [-0.39, 0.29) is 0 Å². The first-order valence-electron chi connectivity index (χ1n) is 14.1. The highest BCUT2D eigenvalue weighted by Crippen LogP contribution is 2.24. The lowest BCUT2D eigenvalue weighted by Gasteiger charge is -2.18.